The van der Waals surface area contributed by atoms with Crippen molar-refractivity contribution in [3.8, 4) is 33.4 Å². The normalized spacial score (nSPS) is 12.0. The molecule has 1 aromatic heterocycles. The molecular formula is C44H26O. The van der Waals surface area contributed by atoms with Crippen LogP contribution in [0.1, 0.15) is 0 Å². The first-order chi connectivity index (χ1) is 22.3. The lowest BCUT2D eigenvalue weighted by Crippen LogP contribution is -1.90. The molecule has 0 N–H and O–H groups in total. The van der Waals surface area contributed by atoms with Crippen LogP contribution in [0.5, 0.6) is 0 Å². The molecule has 0 amide bonds. The number of furan rings is 1. The fraction of sp³-hybridized carbons (Fsp3) is 0. The first kappa shape index (κ1) is 24.5. The Balaban J connectivity index is 1.12. The van der Waals surface area contributed by atoms with Crippen LogP contribution in [-0.2, 0) is 0 Å². The van der Waals surface area contributed by atoms with Gasteiger partial charge in [-0.05, 0) is 94.7 Å². The van der Waals surface area contributed by atoms with Crippen molar-refractivity contribution in [3.63, 3.8) is 0 Å². The highest BCUT2D eigenvalue weighted by Crippen LogP contribution is 2.43. The van der Waals surface area contributed by atoms with E-state index in [0.29, 0.717) is 0 Å². The second kappa shape index (κ2) is 9.29. The second-order valence-electron chi connectivity index (χ2n) is 12.1. The molecule has 10 aromatic rings. The molecule has 0 unspecified atom stereocenters. The lowest BCUT2D eigenvalue weighted by molar-refractivity contribution is 0.669. The number of benzene rings is 9. The van der Waals surface area contributed by atoms with Crippen molar-refractivity contribution in [3.05, 3.63) is 158 Å². The van der Waals surface area contributed by atoms with Gasteiger partial charge in [0.15, 0.2) is 0 Å². The molecule has 0 aliphatic rings. The van der Waals surface area contributed by atoms with E-state index in [2.05, 4.69) is 146 Å². The maximum Gasteiger partial charge on any atom is 0.135 e. The average molecular weight is 571 g/mol. The summed E-state index contributed by atoms with van der Waals surface area (Å²) in [4.78, 5) is 0. The third-order valence-corrected chi connectivity index (χ3v) is 9.65. The van der Waals surface area contributed by atoms with Gasteiger partial charge in [-0.15, -0.1) is 0 Å². The molecule has 0 saturated heterocycles. The van der Waals surface area contributed by atoms with Gasteiger partial charge in [0.05, 0.1) is 0 Å². The number of hydrogen-bond acceptors (Lipinski definition) is 1. The van der Waals surface area contributed by atoms with Crippen LogP contribution in [0.2, 0.25) is 0 Å². The molecule has 0 fully saturated rings. The lowest BCUT2D eigenvalue weighted by atomic mass is 9.86. The molecule has 10 rings (SSSR count). The number of hydrogen-bond donors (Lipinski definition) is 0. The SMILES string of the molecule is c1ccc2c(-c3ccc4ccc5c(-c6ccc(-c7ccc8oc9ccccc9c8c7)cc6)ccc6ccc3c4c65)cccc2c1. The molecule has 1 heteroatoms. The van der Waals surface area contributed by atoms with Gasteiger partial charge in [0.2, 0.25) is 0 Å². The summed E-state index contributed by atoms with van der Waals surface area (Å²) in [5.41, 5.74) is 9.29. The van der Waals surface area contributed by atoms with E-state index in [4.69, 9.17) is 4.42 Å². The fourth-order valence-corrected chi connectivity index (χ4v) is 7.50. The Kier molecular flexibility index (Phi) is 5.06. The van der Waals surface area contributed by atoms with Crippen LogP contribution < -0.4 is 0 Å². The Labute approximate surface area is 259 Å². The molecule has 0 bridgehead atoms. The van der Waals surface area contributed by atoms with Gasteiger partial charge in [-0.1, -0.05) is 140 Å². The highest BCUT2D eigenvalue weighted by atomic mass is 16.3. The smallest absolute Gasteiger partial charge is 0.135 e. The summed E-state index contributed by atoms with van der Waals surface area (Å²) in [5.74, 6) is 0. The minimum Gasteiger partial charge on any atom is -0.456 e. The van der Waals surface area contributed by atoms with Gasteiger partial charge in [0.1, 0.15) is 11.2 Å². The summed E-state index contributed by atoms with van der Waals surface area (Å²) >= 11 is 0. The van der Waals surface area contributed by atoms with Crippen molar-refractivity contribution in [1.29, 1.82) is 0 Å². The zero-order valence-corrected chi connectivity index (χ0v) is 24.4. The zero-order valence-electron chi connectivity index (χ0n) is 24.4. The van der Waals surface area contributed by atoms with Gasteiger partial charge < -0.3 is 4.42 Å². The minimum atomic E-state index is 0.925. The van der Waals surface area contributed by atoms with Crippen LogP contribution in [0.25, 0.3) is 98.4 Å². The predicted octanol–water partition coefficient (Wildman–Crippen LogP) is 12.6. The summed E-state index contributed by atoms with van der Waals surface area (Å²) in [7, 11) is 0. The topological polar surface area (TPSA) is 13.1 Å². The first-order valence-electron chi connectivity index (χ1n) is 15.5. The molecule has 9 aromatic carbocycles. The standard InChI is InChI=1S/C44H26O/c1-2-8-33-28(6-1)7-5-10-35(33)36-22-17-31-18-23-38-34(21-16-30-19-24-39(36)44(31)43(30)38)29-14-12-27(13-15-29)32-20-25-42-40(26-32)37-9-3-4-11-41(37)45-42/h1-26H. The van der Waals surface area contributed by atoms with Gasteiger partial charge >= 0.3 is 0 Å². The van der Waals surface area contributed by atoms with Gasteiger partial charge in [-0.3, -0.25) is 0 Å². The quantitative estimate of drug-likeness (QED) is 0.193. The molecular weight excluding hydrogens is 544 g/mol. The lowest BCUT2D eigenvalue weighted by Gasteiger charge is -2.17. The molecule has 0 spiro atoms. The molecule has 0 radical (unpaired) electrons. The van der Waals surface area contributed by atoms with E-state index in [1.807, 2.05) is 12.1 Å². The minimum absolute atomic E-state index is 0.925. The van der Waals surface area contributed by atoms with E-state index in [0.717, 1.165) is 21.9 Å². The van der Waals surface area contributed by atoms with Crippen molar-refractivity contribution in [2.75, 3.05) is 0 Å². The number of para-hydroxylation sites is 1. The second-order valence-corrected chi connectivity index (χ2v) is 12.1. The Hall–Kier alpha value is -5.92. The van der Waals surface area contributed by atoms with E-state index in [1.165, 1.54) is 76.5 Å². The molecule has 0 saturated carbocycles. The number of rotatable bonds is 3. The monoisotopic (exact) mass is 570 g/mol. The van der Waals surface area contributed by atoms with Crippen molar-refractivity contribution in [2.24, 2.45) is 0 Å². The van der Waals surface area contributed by atoms with Crippen LogP contribution in [0.3, 0.4) is 0 Å². The third kappa shape index (κ3) is 3.62. The first-order valence-corrected chi connectivity index (χ1v) is 15.5. The molecule has 1 nitrogen and oxygen atoms in total. The maximum absolute atomic E-state index is 6.06. The molecule has 0 atom stereocenters. The highest BCUT2D eigenvalue weighted by molar-refractivity contribution is 6.28. The van der Waals surface area contributed by atoms with Gasteiger partial charge in [0.25, 0.3) is 0 Å². The predicted molar refractivity (Wildman–Crippen MR) is 191 cm³/mol. The Morgan fingerprint density at radius 2 is 0.867 bits per heavy atom. The van der Waals surface area contributed by atoms with Gasteiger partial charge in [0, 0.05) is 10.8 Å². The summed E-state index contributed by atoms with van der Waals surface area (Å²) in [6, 6.07) is 57.5. The van der Waals surface area contributed by atoms with Crippen molar-refractivity contribution in [2.45, 2.75) is 0 Å². The van der Waals surface area contributed by atoms with Crippen LogP contribution in [0.4, 0.5) is 0 Å². The Morgan fingerprint density at radius 3 is 1.69 bits per heavy atom. The van der Waals surface area contributed by atoms with Crippen molar-refractivity contribution < 1.29 is 4.42 Å². The highest BCUT2D eigenvalue weighted by Gasteiger charge is 2.16. The Bertz CT molecular complexity index is 2740. The number of fused-ring (bicyclic) bond motifs is 4. The van der Waals surface area contributed by atoms with Crippen LogP contribution in [-0.4, -0.2) is 0 Å². The summed E-state index contributed by atoms with van der Waals surface area (Å²) in [6.07, 6.45) is 0. The maximum atomic E-state index is 6.06. The van der Waals surface area contributed by atoms with Crippen LogP contribution >= 0.6 is 0 Å². The molecule has 0 aliphatic heterocycles. The van der Waals surface area contributed by atoms with Crippen LogP contribution in [0.15, 0.2) is 162 Å². The van der Waals surface area contributed by atoms with E-state index in [-0.39, 0.29) is 0 Å². The van der Waals surface area contributed by atoms with E-state index in [9.17, 15) is 0 Å². The van der Waals surface area contributed by atoms with Gasteiger partial charge in [-0.2, -0.15) is 0 Å². The van der Waals surface area contributed by atoms with Crippen molar-refractivity contribution in [1.82, 2.24) is 0 Å². The Morgan fingerprint density at radius 1 is 0.289 bits per heavy atom. The summed E-state index contributed by atoms with van der Waals surface area (Å²) < 4.78 is 6.06. The van der Waals surface area contributed by atoms with E-state index < -0.39 is 0 Å². The van der Waals surface area contributed by atoms with Crippen molar-refractivity contribution >= 4 is 65.0 Å². The third-order valence-electron chi connectivity index (χ3n) is 9.65. The molecule has 1 heterocycles. The van der Waals surface area contributed by atoms with E-state index >= 15 is 0 Å². The molecule has 208 valence electrons. The van der Waals surface area contributed by atoms with E-state index in [1.54, 1.807) is 0 Å². The zero-order chi connectivity index (χ0) is 29.5. The summed E-state index contributed by atoms with van der Waals surface area (Å²) in [5, 5.41) is 12.7. The molecule has 0 aliphatic carbocycles. The molecule has 45 heavy (non-hydrogen) atoms. The van der Waals surface area contributed by atoms with Gasteiger partial charge in [-0.25, -0.2) is 0 Å². The summed E-state index contributed by atoms with van der Waals surface area (Å²) in [6.45, 7) is 0. The van der Waals surface area contributed by atoms with Crippen LogP contribution in [0, 0.1) is 0 Å². The largest absolute Gasteiger partial charge is 0.456 e. The fourth-order valence-electron chi connectivity index (χ4n) is 7.50. The average Bonchev–Trinajstić information content (AvgIpc) is 3.48.